The molecule has 0 fully saturated rings. The summed E-state index contributed by atoms with van der Waals surface area (Å²) in [4.78, 5) is 8.50. The lowest BCUT2D eigenvalue weighted by Crippen LogP contribution is -2.02. The zero-order chi connectivity index (χ0) is 20.1. The Morgan fingerprint density at radius 2 is 1.62 bits per heavy atom. The summed E-state index contributed by atoms with van der Waals surface area (Å²) in [6, 6.07) is 22.8. The second-order valence-corrected chi connectivity index (χ2v) is 7.91. The first-order valence-electron chi connectivity index (χ1n) is 10.1. The zero-order valence-electron chi connectivity index (χ0n) is 16.6. The summed E-state index contributed by atoms with van der Waals surface area (Å²) < 4.78 is 2.06. The maximum Gasteiger partial charge on any atom is 0.120 e. The maximum atomic E-state index is 4.95. The van der Waals surface area contributed by atoms with Crippen LogP contribution < -0.4 is 0 Å². The minimum absolute atomic E-state index is 0.0774. The maximum absolute atomic E-state index is 4.95. The SMILES string of the molecule is Cc1ccnn1CCCCC(S)c1nc(-c2ccccc2)c(-c2ccccc2)[nH]1. The number of rotatable bonds is 8. The molecular formula is C24H26N4S. The van der Waals surface area contributed by atoms with Crippen molar-refractivity contribution in [3.8, 4) is 22.5 Å². The number of aryl methyl sites for hydroxylation is 2. The van der Waals surface area contributed by atoms with Crippen LogP contribution in [0.3, 0.4) is 0 Å². The van der Waals surface area contributed by atoms with Gasteiger partial charge in [0.25, 0.3) is 0 Å². The molecule has 2 aromatic heterocycles. The largest absolute Gasteiger partial charge is 0.341 e. The normalized spacial score (nSPS) is 12.2. The number of aromatic amines is 1. The number of thiol groups is 1. The van der Waals surface area contributed by atoms with Crippen LogP contribution in [-0.2, 0) is 6.54 Å². The van der Waals surface area contributed by atoms with Gasteiger partial charge in [0, 0.05) is 29.6 Å². The average molecular weight is 403 g/mol. The number of imidazole rings is 1. The third-order valence-electron chi connectivity index (χ3n) is 5.17. The minimum Gasteiger partial charge on any atom is -0.341 e. The fourth-order valence-electron chi connectivity index (χ4n) is 3.54. The molecule has 0 aliphatic carbocycles. The second kappa shape index (κ2) is 9.14. The number of unbranched alkanes of at least 4 members (excludes halogenated alkanes) is 1. The smallest absolute Gasteiger partial charge is 0.120 e. The predicted molar refractivity (Wildman–Crippen MR) is 122 cm³/mol. The highest BCUT2D eigenvalue weighted by atomic mass is 32.1. The summed E-state index contributed by atoms with van der Waals surface area (Å²) in [5.41, 5.74) is 5.50. The van der Waals surface area contributed by atoms with Gasteiger partial charge in [-0.1, -0.05) is 67.1 Å². The molecule has 5 heteroatoms. The molecule has 0 radical (unpaired) electrons. The molecule has 1 unspecified atom stereocenters. The van der Waals surface area contributed by atoms with E-state index in [4.69, 9.17) is 17.6 Å². The monoisotopic (exact) mass is 402 g/mol. The van der Waals surface area contributed by atoms with Gasteiger partial charge in [-0.15, -0.1) is 0 Å². The molecule has 2 aromatic carbocycles. The van der Waals surface area contributed by atoms with E-state index in [0.29, 0.717) is 0 Å². The second-order valence-electron chi connectivity index (χ2n) is 7.29. The van der Waals surface area contributed by atoms with Gasteiger partial charge in [-0.3, -0.25) is 4.68 Å². The molecule has 4 rings (SSSR count). The lowest BCUT2D eigenvalue weighted by Gasteiger charge is -2.08. The summed E-state index contributed by atoms with van der Waals surface area (Å²) in [5.74, 6) is 0.932. The van der Waals surface area contributed by atoms with Crippen molar-refractivity contribution in [3.63, 3.8) is 0 Å². The summed E-state index contributed by atoms with van der Waals surface area (Å²) in [5, 5.41) is 4.43. The molecule has 0 saturated carbocycles. The van der Waals surface area contributed by atoms with E-state index >= 15 is 0 Å². The van der Waals surface area contributed by atoms with Gasteiger partial charge in [0.1, 0.15) is 5.82 Å². The number of hydrogen-bond donors (Lipinski definition) is 2. The van der Waals surface area contributed by atoms with E-state index in [0.717, 1.165) is 54.1 Å². The number of aromatic nitrogens is 4. The van der Waals surface area contributed by atoms with Gasteiger partial charge in [-0.25, -0.2) is 4.98 Å². The van der Waals surface area contributed by atoms with Crippen molar-refractivity contribution in [1.29, 1.82) is 0 Å². The third-order valence-corrected chi connectivity index (χ3v) is 5.68. The predicted octanol–water partition coefficient (Wildman–Crippen LogP) is 6.09. The van der Waals surface area contributed by atoms with E-state index in [1.54, 1.807) is 0 Å². The molecule has 29 heavy (non-hydrogen) atoms. The molecule has 0 amide bonds. The van der Waals surface area contributed by atoms with E-state index in [9.17, 15) is 0 Å². The van der Waals surface area contributed by atoms with Crippen LogP contribution in [-0.4, -0.2) is 19.7 Å². The standard InChI is InChI=1S/C24H26N4S/c1-18-15-16-25-28(18)17-9-8-14-21(29)24-26-22(19-10-4-2-5-11-19)23(27-24)20-12-6-3-7-13-20/h2-7,10-13,15-16,21,29H,8-9,14,17H2,1H3,(H,26,27). The Kier molecular flexibility index (Phi) is 6.15. The quantitative estimate of drug-likeness (QED) is 0.277. The van der Waals surface area contributed by atoms with Gasteiger partial charge in [0.2, 0.25) is 0 Å². The Balaban J connectivity index is 1.50. The number of hydrogen-bond acceptors (Lipinski definition) is 3. The minimum atomic E-state index is 0.0774. The molecule has 4 nitrogen and oxygen atoms in total. The fraction of sp³-hybridized carbons (Fsp3) is 0.250. The number of benzene rings is 2. The zero-order valence-corrected chi connectivity index (χ0v) is 17.5. The molecule has 0 aliphatic heterocycles. The number of nitrogens with one attached hydrogen (secondary N) is 1. The van der Waals surface area contributed by atoms with Crippen molar-refractivity contribution in [3.05, 3.63) is 84.4 Å². The number of nitrogens with zero attached hydrogens (tertiary/aromatic N) is 3. The fourth-order valence-corrected chi connectivity index (χ4v) is 3.84. The molecule has 0 aliphatic rings. The Hall–Kier alpha value is -2.79. The van der Waals surface area contributed by atoms with E-state index in [1.807, 2.05) is 36.5 Å². The highest BCUT2D eigenvalue weighted by molar-refractivity contribution is 7.80. The van der Waals surface area contributed by atoms with Crippen molar-refractivity contribution in [2.24, 2.45) is 0 Å². The molecule has 0 saturated heterocycles. The van der Waals surface area contributed by atoms with Gasteiger partial charge in [0.15, 0.2) is 0 Å². The van der Waals surface area contributed by atoms with Gasteiger partial charge in [0.05, 0.1) is 16.6 Å². The third kappa shape index (κ3) is 4.62. The Morgan fingerprint density at radius 1 is 0.931 bits per heavy atom. The molecular weight excluding hydrogens is 376 g/mol. The lowest BCUT2D eigenvalue weighted by atomic mass is 10.1. The van der Waals surface area contributed by atoms with Gasteiger partial charge >= 0.3 is 0 Å². The Bertz CT molecular complexity index is 980. The van der Waals surface area contributed by atoms with E-state index in [2.05, 4.69) is 58.1 Å². The van der Waals surface area contributed by atoms with Crippen molar-refractivity contribution >= 4 is 12.6 Å². The molecule has 2 heterocycles. The summed E-state index contributed by atoms with van der Waals surface area (Å²) in [6.07, 6.45) is 4.99. The van der Waals surface area contributed by atoms with Crippen molar-refractivity contribution < 1.29 is 0 Å². The molecule has 0 spiro atoms. The molecule has 148 valence electrons. The van der Waals surface area contributed by atoms with Gasteiger partial charge in [-0.2, -0.15) is 17.7 Å². The van der Waals surface area contributed by atoms with E-state index in [1.165, 1.54) is 5.69 Å². The highest BCUT2D eigenvalue weighted by Gasteiger charge is 2.18. The van der Waals surface area contributed by atoms with Crippen LogP contribution in [0.1, 0.15) is 36.0 Å². The molecule has 0 bridgehead atoms. The van der Waals surface area contributed by atoms with Gasteiger partial charge in [-0.05, 0) is 25.8 Å². The Labute approximate surface area is 177 Å². The topological polar surface area (TPSA) is 46.5 Å². The van der Waals surface area contributed by atoms with Crippen molar-refractivity contribution in [2.75, 3.05) is 0 Å². The molecule has 1 atom stereocenters. The van der Waals surface area contributed by atoms with Crippen molar-refractivity contribution in [2.45, 2.75) is 38.0 Å². The van der Waals surface area contributed by atoms with Crippen LogP contribution in [0.15, 0.2) is 72.9 Å². The van der Waals surface area contributed by atoms with Gasteiger partial charge < -0.3 is 4.98 Å². The molecule has 4 aromatic rings. The van der Waals surface area contributed by atoms with Crippen molar-refractivity contribution in [1.82, 2.24) is 19.7 Å². The van der Waals surface area contributed by atoms with Crippen LogP contribution in [0, 0.1) is 6.92 Å². The van der Waals surface area contributed by atoms with Crippen LogP contribution in [0.4, 0.5) is 0 Å². The molecule has 1 N–H and O–H groups in total. The first-order chi connectivity index (χ1) is 14.2. The van der Waals surface area contributed by atoms with Crippen LogP contribution in [0.5, 0.6) is 0 Å². The first-order valence-corrected chi connectivity index (χ1v) is 10.6. The highest BCUT2D eigenvalue weighted by Crippen LogP contribution is 2.34. The number of H-pyrrole nitrogens is 1. The van der Waals surface area contributed by atoms with Crippen LogP contribution in [0.2, 0.25) is 0 Å². The summed E-state index contributed by atoms with van der Waals surface area (Å²) >= 11 is 4.86. The summed E-state index contributed by atoms with van der Waals surface area (Å²) in [7, 11) is 0. The first kappa shape index (κ1) is 19.5. The van der Waals surface area contributed by atoms with Crippen LogP contribution in [0.25, 0.3) is 22.5 Å². The average Bonchev–Trinajstić information content (AvgIpc) is 3.39. The van der Waals surface area contributed by atoms with E-state index in [-0.39, 0.29) is 5.25 Å². The van der Waals surface area contributed by atoms with E-state index < -0.39 is 0 Å². The lowest BCUT2D eigenvalue weighted by molar-refractivity contribution is 0.530. The Morgan fingerprint density at radius 3 is 2.28 bits per heavy atom. The van der Waals surface area contributed by atoms with Crippen LogP contribution >= 0.6 is 12.6 Å². The summed E-state index contributed by atoms with van der Waals surface area (Å²) in [6.45, 7) is 3.04.